The van der Waals surface area contributed by atoms with Gasteiger partial charge in [0.2, 0.25) is 5.91 Å². The number of furan rings is 1. The minimum absolute atomic E-state index is 0.0630. The van der Waals surface area contributed by atoms with Gasteiger partial charge in [0.05, 0.1) is 24.1 Å². The van der Waals surface area contributed by atoms with E-state index in [9.17, 15) is 13.6 Å². The zero-order valence-electron chi connectivity index (χ0n) is 13.2. The molecule has 0 radical (unpaired) electrons. The van der Waals surface area contributed by atoms with Crippen LogP contribution in [0.3, 0.4) is 0 Å². The predicted octanol–water partition coefficient (Wildman–Crippen LogP) is 4.20. The van der Waals surface area contributed by atoms with E-state index in [1.165, 1.54) is 22.3 Å². The van der Waals surface area contributed by atoms with Gasteiger partial charge in [0.15, 0.2) is 10.8 Å². The van der Waals surface area contributed by atoms with Crippen LogP contribution in [0.4, 0.5) is 14.5 Å². The molecule has 3 heterocycles. The van der Waals surface area contributed by atoms with Crippen molar-refractivity contribution in [1.29, 1.82) is 0 Å². The zero-order valence-corrected chi connectivity index (χ0v) is 14.0. The lowest BCUT2D eigenvalue weighted by atomic mass is 10.0. The molecule has 2 aromatic heterocycles. The number of carbonyl (C=O) groups is 1. The van der Waals surface area contributed by atoms with Crippen LogP contribution in [0, 0.1) is 11.6 Å². The average Bonchev–Trinajstić information content (AvgIpc) is 3.25. The van der Waals surface area contributed by atoms with Crippen LogP contribution in [0.5, 0.6) is 0 Å². The van der Waals surface area contributed by atoms with Gasteiger partial charge < -0.3 is 9.32 Å². The smallest absolute Gasteiger partial charge is 0.233 e. The van der Waals surface area contributed by atoms with Crippen LogP contribution in [0.15, 0.2) is 40.3 Å². The first-order valence-electron chi connectivity index (χ1n) is 7.88. The summed E-state index contributed by atoms with van der Waals surface area (Å²) in [7, 11) is 0. The molecule has 4 rings (SSSR count). The molecule has 0 aliphatic carbocycles. The maximum atomic E-state index is 14.2. The van der Waals surface area contributed by atoms with Crippen molar-refractivity contribution in [3.63, 3.8) is 0 Å². The Morgan fingerprint density at radius 2 is 2.24 bits per heavy atom. The molecule has 1 aliphatic rings. The number of aromatic nitrogens is 1. The summed E-state index contributed by atoms with van der Waals surface area (Å²) in [4.78, 5) is 18.5. The van der Waals surface area contributed by atoms with Gasteiger partial charge in [-0.25, -0.2) is 13.8 Å². The van der Waals surface area contributed by atoms with E-state index in [1.807, 2.05) is 0 Å². The SMILES string of the molecule is O=C(Cc1csc(-c2ccco2)n1)N1CCCc2cc(F)cc(F)c21. The molecule has 0 N–H and O–H groups in total. The van der Waals surface area contributed by atoms with Crippen molar-refractivity contribution in [2.45, 2.75) is 19.3 Å². The molecule has 7 heteroatoms. The van der Waals surface area contributed by atoms with E-state index in [1.54, 1.807) is 23.8 Å². The molecular formula is C18H14F2N2O2S. The molecule has 128 valence electrons. The largest absolute Gasteiger partial charge is 0.462 e. The molecule has 25 heavy (non-hydrogen) atoms. The Hall–Kier alpha value is -2.54. The van der Waals surface area contributed by atoms with Crippen LogP contribution < -0.4 is 4.90 Å². The number of nitrogens with zero attached hydrogens (tertiary/aromatic N) is 2. The van der Waals surface area contributed by atoms with Gasteiger partial charge in [0.25, 0.3) is 0 Å². The topological polar surface area (TPSA) is 46.3 Å². The Balaban J connectivity index is 1.57. The number of carbonyl (C=O) groups excluding carboxylic acids is 1. The van der Waals surface area contributed by atoms with Crippen LogP contribution in [-0.4, -0.2) is 17.4 Å². The van der Waals surface area contributed by atoms with Gasteiger partial charge in [0, 0.05) is 18.0 Å². The fourth-order valence-corrected chi connectivity index (χ4v) is 3.84. The number of benzene rings is 1. The summed E-state index contributed by atoms with van der Waals surface area (Å²) < 4.78 is 32.9. The summed E-state index contributed by atoms with van der Waals surface area (Å²) in [5.74, 6) is -0.915. The first-order chi connectivity index (χ1) is 12.1. The standard InChI is InChI=1S/C18H14F2N2O2S/c19-12-7-11-3-1-5-22(17(11)14(20)8-12)16(23)9-13-10-25-18(21-13)15-4-2-6-24-15/h2,4,6-8,10H,1,3,5,9H2. The molecule has 1 aliphatic heterocycles. The second-order valence-electron chi connectivity index (χ2n) is 5.84. The highest BCUT2D eigenvalue weighted by molar-refractivity contribution is 7.13. The normalized spacial score (nSPS) is 13.8. The third kappa shape index (κ3) is 3.07. The van der Waals surface area contributed by atoms with Crippen molar-refractivity contribution in [3.8, 4) is 10.8 Å². The second kappa shape index (κ2) is 6.40. The van der Waals surface area contributed by atoms with Crippen molar-refractivity contribution >= 4 is 22.9 Å². The number of amides is 1. The Bertz CT molecular complexity index is 921. The summed E-state index contributed by atoms with van der Waals surface area (Å²) >= 11 is 1.39. The second-order valence-corrected chi connectivity index (χ2v) is 6.70. The van der Waals surface area contributed by atoms with E-state index >= 15 is 0 Å². The fourth-order valence-electron chi connectivity index (χ4n) is 3.05. The monoisotopic (exact) mass is 360 g/mol. The van der Waals surface area contributed by atoms with Crippen LogP contribution >= 0.6 is 11.3 Å². The molecule has 0 spiro atoms. The third-order valence-corrected chi connectivity index (χ3v) is 5.03. The van der Waals surface area contributed by atoms with Crippen LogP contribution in [0.1, 0.15) is 17.7 Å². The molecule has 1 amide bonds. The molecule has 0 bridgehead atoms. The maximum absolute atomic E-state index is 14.2. The van der Waals surface area contributed by atoms with Crippen LogP contribution in [0.2, 0.25) is 0 Å². The van der Waals surface area contributed by atoms with Crippen molar-refractivity contribution in [2.75, 3.05) is 11.4 Å². The van der Waals surface area contributed by atoms with Gasteiger partial charge in [-0.05, 0) is 36.6 Å². The summed E-state index contributed by atoms with van der Waals surface area (Å²) in [6.45, 7) is 0.420. The number of aryl methyl sites for hydroxylation is 1. The highest BCUT2D eigenvalue weighted by Gasteiger charge is 2.27. The minimum Gasteiger partial charge on any atom is -0.462 e. The van der Waals surface area contributed by atoms with E-state index in [-0.39, 0.29) is 18.0 Å². The van der Waals surface area contributed by atoms with Gasteiger partial charge in [-0.1, -0.05) is 0 Å². The predicted molar refractivity (Wildman–Crippen MR) is 90.6 cm³/mol. The van der Waals surface area contributed by atoms with Gasteiger partial charge in [0.1, 0.15) is 11.6 Å². The van der Waals surface area contributed by atoms with E-state index < -0.39 is 11.6 Å². The van der Waals surface area contributed by atoms with Gasteiger partial charge in [-0.2, -0.15) is 0 Å². The fraction of sp³-hybridized carbons (Fsp3) is 0.222. The first kappa shape index (κ1) is 16.0. The van der Waals surface area contributed by atoms with Crippen molar-refractivity contribution in [1.82, 2.24) is 4.98 Å². The third-order valence-electron chi connectivity index (χ3n) is 4.12. The number of anilines is 1. The van der Waals surface area contributed by atoms with E-state index in [2.05, 4.69) is 4.98 Å². The number of rotatable bonds is 3. The van der Waals surface area contributed by atoms with E-state index in [0.29, 0.717) is 41.4 Å². The number of fused-ring (bicyclic) bond motifs is 1. The number of hydrogen-bond acceptors (Lipinski definition) is 4. The van der Waals surface area contributed by atoms with Crippen LogP contribution in [-0.2, 0) is 17.6 Å². The molecule has 0 unspecified atom stereocenters. The zero-order chi connectivity index (χ0) is 17.4. The lowest BCUT2D eigenvalue weighted by Crippen LogP contribution is -2.37. The van der Waals surface area contributed by atoms with Crippen molar-refractivity contribution in [2.24, 2.45) is 0 Å². The summed E-state index contributed by atoms with van der Waals surface area (Å²) in [6.07, 6.45) is 2.87. The van der Waals surface area contributed by atoms with Gasteiger partial charge in [-0.15, -0.1) is 11.3 Å². The quantitative estimate of drug-likeness (QED) is 0.703. The molecule has 4 nitrogen and oxygen atoms in total. The molecular weight excluding hydrogens is 346 g/mol. The highest BCUT2D eigenvalue weighted by Crippen LogP contribution is 2.32. The number of halogens is 2. The average molecular weight is 360 g/mol. The lowest BCUT2D eigenvalue weighted by Gasteiger charge is -2.29. The number of hydrogen-bond donors (Lipinski definition) is 0. The Morgan fingerprint density at radius 3 is 3.04 bits per heavy atom. The minimum atomic E-state index is -0.697. The highest BCUT2D eigenvalue weighted by atomic mass is 32.1. The van der Waals surface area contributed by atoms with E-state index in [0.717, 1.165) is 6.07 Å². The molecule has 0 saturated heterocycles. The molecule has 3 aromatic rings. The number of thiazole rings is 1. The molecule has 0 atom stereocenters. The van der Waals surface area contributed by atoms with Gasteiger partial charge in [-0.3, -0.25) is 4.79 Å². The van der Waals surface area contributed by atoms with E-state index in [4.69, 9.17) is 4.42 Å². The Kier molecular flexibility index (Phi) is 4.09. The van der Waals surface area contributed by atoms with Gasteiger partial charge >= 0.3 is 0 Å². The Labute approximate surface area is 146 Å². The lowest BCUT2D eigenvalue weighted by molar-refractivity contribution is -0.118. The molecule has 0 fully saturated rings. The van der Waals surface area contributed by atoms with Crippen molar-refractivity contribution in [3.05, 3.63) is 58.8 Å². The Morgan fingerprint density at radius 1 is 1.36 bits per heavy atom. The summed E-state index contributed by atoms with van der Waals surface area (Å²) in [6, 6.07) is 5.70. The molecule has 1 aromatic carbocycles. The summed E-state index contributed by atoms with van der Waals surface area (Å²) in [5.41, 5.74) is 1.34. The van der Waals surface area contributed by atoms with Crippen LogP contribution in [0.25, 0.3) is 10.8 Å². The maximum Gasteiger partial charge on any atom is 0.233 e. The summed E-state index contributed by atoms with van der Waals surface area (Å²) in [5, 5.41) is 2.49. The van der Waals surface area contributed by atoms with Crippen molar-refractivity contribution < 1.29 is 18.0 Å². The molecule has 0 saturated carbocycles. The first-order valence-corrected chi connectivity index (χ1v) is 8.76.